The van der Waals surface area contributed by atoms with Gasteiger partial charge in [-0.2, -0.15) is 13.2 Å². The predicted molar refractivity (Wildman–Crippen MR) is 128 cm³/mol. The molecule has 2 aromatic carbocycles. The van der Waals surface area contributed by atoms with Crippen molar-refractivity contribution in [3.63, 3.8) is 0 Å². The van der Waals surface area contributed by atoms with Crippen LogP contribution in [-0.4, -0.2) is 48.2 Å². The fourth-order valence-corrected chi connectivity index (χ4v) is 2.59. The highest BCUT2D eigenvalue weighted by Gasteiger charge is 2.38. The summed E-state index contributed by atoms with van der Waals surface area (Å²) in [6.07, 6.45) is -2.64. The number of rotatable bonds is 9. The molecule has 0 bridgehead atoms. The van der Waals surface area contributed by atoms with Gasteiger partial charge in [-0.05, 0) is 54.7 Å². The number of halogens is 3. The number of aryl methyl sites for hydroxylation is 1. The summed E-state index contributed by atoms with van der Waals surface area (Å²) in [6, 6.07) is 15.1. The van der Waals surface area contributed by atoms with Crippen LogP contribution in [0.25, 0.3) is 0 Å². The molecule has 0 radical (unpaired) electrons. The van der Waals surface area contributed by atoms with Gasteiger partial charge in [0, 0.05) is 24.3 Å². The fraction of sp³-hybridized carbons (Fsp3) is 0.273. The first-order valence-electron chi connectivity index (χ1n) is 10.3. The van der Waals surface area contributed by atoms with Crippen LogP contribution >= 0.6 is 0 Å². The molecule has 0 atom stereocenters. The normalized spacial score (nSPS) is 10.4. The highest BCUT2D eigenvalue weighted by atomic mass is 19.4. The monoisotopic (exact) mass is 495 g/mol. The Morgan fingerprint density at radius 3 is 1.74 bits per heavy atom. The summed E-state index contributed by atoms with van der Waals surface area (Å²) in [5, 5.41) is 10.0. The highest BCUT2D eigenvalue weighted by molar-refractivity contribution is 6.04. The van der Waals surface area contributed by atoms with Crippen molar-refractivity contribution in [2.45, 2.75) is 25.4 Å². The second-order valence-electron chi connectivity index (χ2n) is 7.12. The van der Waals surface area contributed by atoms with E-state index >= 15 is 0 Å². The number of nitrogens with two attached hydrogens (primary N) is 4. The van der Waals surface area contributed by atoms with E-state index in [1.807, 2.05) is 36.4 Å². The quantitative estimate of drug-likeness (QED) is 0.172. The number of guanidine groups is 2. The highest BCUT2D eigenvalue weighted by Crippen LogP contribution is 2.14. The number of hydrogen-bond donors (Lipinski definition) is 6. The van der Waals surface area contributed by atoms with Gasteiger partial charge >= 0.3 is 12.1 Å². The molecule has 0 aliphatic heterocycles. The summed E-state index contributed by atoms with van der Waals surface area (Å²) < 4.78 is 31.7. The SMILES string of the molecule is NC(N)=NCCCc1ccc(NC(=O)c2ccc(CCN=C(N)N)cc2)cc1.O=C(O)C(F)(F)F. The summed E-state index contributed by atoms with van der Waals surface area (Å²) >= 11 is 0. The second kappa shape index (κ2) is 14.1. The third-order valence-corrected chi connectivity index (χ3v) is 4.28. The first kappa shape index (κ1) is 28.7. The Kier molecular flexibility index (Phi) is 11.6. The second-order valence-corrected chi connectivity index (χ2v) is 7.12. The molecule has 190 valence electrons. The van der Waals surface area contributed by atoms with Crippen LogP contribution in [0.3, 0.4) is 0 Å². The molecule has 10 N–H and O–H groups in total. The Balaban J connectivity index is 0.000000762. The van der Waals surface area contributed by atoms with E-state index in [2.05, 4.69) is 15.3 Å². The largest absolute Gasteiger partial charge is 0.490 e. The molecule has 0 aliphatic carbocycles. The number of amides is 1. The number of benzene rings is 2. The maximum atomic E-state index is 12.4. The lowest BCUT2D eigenvalue weighted by molar-refractivity contribution is -0.192. The zero-order valence-corrected chi connectivity index (χ0v) is 18.8. The molecule has 2 aromatic rings. The average molecular weight is 496 g/mol. The van der Waals surface area contributed by atoms with Crippen LogP contribution in [-0.2, 0) is 17.6 Å². The van der Waals surface area contributed by atoms with E-state index in [0.29, 0.717) is 25.1 Å². The van der Waals surface area contributed by atoms with Crippen LogP contribution in [0.1, 0.15) is 27.9 Å². The molecule has 35 heavy (non-hydrogen) atoms. The van der Waals surface area contributed by atoms with Gasteiger partial charge in [0.15, 0.2) is 11.9 Å². The Labute approximate surface area is 199 Å². The molecular weight excluding hydrogens is 467 g/mol. The number of aliphatic imine (C=N–C) groups is 2. The molecule has 1 amide bonds. The van der Waals surface area contributed by atoms with Crippen molar-refractivity contribution in [3.05, 3.63) is 65.2 Å². The summed E-state index contributed by atoms with van der Waals surface area (Å²) in [5.74, 6) is -2.72. The number of alkyl halides is 3. The minimum absolute atomic E-state index is 0.0794. The number of aliphatic carboxylic acids is 1. The van der Waals surface area contributed by atoms with Gasteiger partial charge in [0.2, 0.25) is 0 Å². The van der Waals surface area contributed by atoms with Gasteiger partial charge in [-0.25, -0.2) is 4.79 Å². The van der Waals surface area contributed by atoms with E-state index in [-0.39, 0.29) is 17.8 Å². The third-order valence-electron chi connectivity index (χ3n) is 4.28. The van der Waals surface area contributed by atoms with E-state index < -0.39 is 12.1 Å². The lowest BCUT2D eigenvalue weighted by Crippen LogP contribution is -2.23. The summed E-state index contributed by atoms with van der Waals surface area (Å²) in [4.78, 5) is 29.2. The molecule has 2 rings (SSSR count). The maximum absolute atomic E-state index is 12.4. The van der Waals surface area contributed by atoms with Gasteiger partial charge in [-0.1, -0.05) is 24.3 Å². The van der Waals surface area contributed by atoms with Gasteiger partial charge in [0.1, 0.15) is 0 Å². The Morgan fingerprint density at radius 1 is 0.800 bits per heavy atom. The third kappa shape index (κ3) is 12.5. The maximum Gasteiger partial charge on any atom is 0.490 e. The van der Waals surface area contributed by atoms with E-state index in [9.17, 15) is 18.0 Å². The van der Waals surface area contributed by atoms with Crippen molar-refractivity contribution in [2.24, 2.45) is 32.9 Å². The molecule has 0 aromatic heterocycles. The number of carbonyl (C=O) groups excluding carboxylic acids is 1. The topological polar surface area (TPSA) is 195 Å². The van der Waals surface area contributed by atoms with E-state index in [1.165, 1.54) is 0 Å². The summed E-state index contributed by atoms with van der Waals surface area (Å²) in [7, 11) is 0. The van der Waals surface area contributed by atoms with Crippen molar-refractivity contribution in [2.75, 3.05) is 18.4 Å². The van der Waals surface area contributed by atoms with Gasteiger partial charge < -0.3 is 33.4 Å². The number of hydrogen-bond acceptors (Lipinski definition) is 4. The lowest BCUT2D eigenvalue weighted by atomic mass is 10.1. The molecule has 0 saturated heterocycles. The number of carbonyl (C=O) groups is 2. The minimum Gasteiger partial charge on any atom is -0.475 e. The zero-order chi connectivity index (χ0) is 26.4. The number of nitrogens with one attached hydrogen (secondary N) is 1. The van der Waals surface area contributed by atoms with Crippen molar-refractivity contribution in [3.8, 4) is 0 Å². The Bertz CT molecular complexity index is 1010. The van der Waals surface area contributed by atoms with Crippen molar-refractivity contribution < 1.29 is 27.9 Å². The minimum atomic E-state index is -5.08. The first-order valence-corrected chi connectivity index (χ1v) is 10.3. The van der Waals surface area contributed by atoms with Gasteiger partial charge in [-0.15, -0.1) is 0 Å². The van der Waals surface area contributed by atoms with Crippen molar-refractivity contribution >= 4 is 29.5 Å². The molecule has 0 saturated carbocycles. The van der Waals surface area contributed by atoms with Crippen LogP contribution in [0.2, 0.25) is 0 Å². The van der Waals surface area contributed by atoms with Crippen molar-refractivity contribution in [1.29, 1.82) is 0 Å². The molecular formula is C22H28F3N7O3. The van der Waals surface area contributed by atoms with Crippen molar-refractivity contribution in [1.82, 2.24) is 0 Å². The van der Waals surface area contributed by atoms with Crippen LogP contribution in [0.5, 0.6) is 0 Å². The predicted octanol–water partition coefficient (Wildman–Crippen LogP) is 1.59. The van der Waals surface area contributed by atoms with E-state index in [1.54, 1.807) is 12.1 Å². The van der Waals surface area contributed by atoms with Gasteiger partial charge in [-0.3, -0.25) is 14.8 Å². The van der Waals surface area contributed by atoms with Gasteiger partial charge in [0.05, 0.1) is 0 Å². The smallest absolute Gasteiger partial charge is 0.475 e. The molecule has 0 aliphatic rings. The average Bonchev–Trinajstić information content (AvgIpc) is 2.77. The molecule has 0 fully saturated rings. The molecule has 0 heterocycles. The van der Waals surface area contributed by atoms with E-state index in [0.717, 1.165) is 29.7 Å². The number of nitrogens with zero attached hydrogens (tertiary/aromatic N) is 2. The summed E-state index contributed by atoms with van der Waals surface area (Å²) in [5.41, 5.74) is 24.8. The Hall–Kier alpha value is -4.29. The fourth-order valence-electron chi connectivity index (χ4n) is 2.59. The van der Waals surface area contributed by atoms with E-state index in [4.69, 9.17) is 32.8 Å². The van der Waals surface area contributed by atoms with Gasteiger partial charge in [0.25, 0.3) is 5.91 Å². The molecule has 0 spiro atoms. The van der Waals surface area contributed by atoms with Crippen LogP contribution in [0.15, 0.2) is 58.5 Å². The van der Waals surface area contributed by atoms with Crippen LogP contribution < -0.4 is 28.3 Å². The number of carboxylic acids is 1. The zero-order valence-electron chi connectivity index (χ0n) is 18.8. The molecule has 0 unspecified atom stereocenters. The molecule has 10 nitrogen and oxygen atoms in total. The first-order chi connectivity index (χ1) is 16.4. The van der Waals surface area contributed by atoms with Crippen LogP contribution in [0.4, 0.5) is 18.9 Å². The number of anilines is 1. The molecule has 13 heteroatoms. The van der Waals surface area contributed by atoms with Crippen LogP contribution in [0, 0.1) is 0 Å². The Morgan fingerprint density at radius 2 is 1.26 bits per heavy atom. The number of carboxylic acid groups (broad SMARTS) is 1. The lowest BCUT2D eigenvalue weighted by Gasteiger charge is -2.07. The summed E-state index contributed by atoms with van der Waals surface area (Å²) in [6.45, 7) is 1.12. The standard InChI is InChI=1S/C20H27N7O.C2HF3O2/c21-19(22)25-12-1-2-14-5-9-17(10-6-14)27-18(28)16-7-3-15(4-8-16)11-13-26-20(23)24;3-2(4,5)1(6)7/h3-10H,1-2,11-13H2,(H,27,28)(H4,21,22,25)(H4,23,24,26);(H,6,7).